The number of anilines is 1. The van der Waals surface area contributed by atoms with E-state index in [2.05, 4.69) is 10.3 Å². The maximum absolute atomic E-state index is 11.8. The number of pyridine rings is 1. The topological polar surface area (TPSA) is 81.4 Å². The average molecular weight is 310 g/mol. The molecule has 3 rings (SSSR count). The van der Waals surface area contributed by atoms with Crippen molar-refractivity contribution in [2.45, 2.75) is 6.92 Å². The van der Waals surface area contributed by atoms with E-state index < -0.39 is 5.63 Å². The van der Waals surface area contributed by atoms with Gasteiger partial charge in [-0.25, -0.2) is 9.78 Å². The SMILES string of the molecule is Cc1cc(=O)oc2cc(OCC(=O)Nc3ccccn3)ccc12. The molecule has 6 nitrogen and oxygen atoms in total. The molecule has 1 N–H and O–H groups in total. The normalized spacial score (nSPS) is 10.5. The lowest BCUT2D eigenvalue weighted by Crippen LogP contribution is -2.20. The molecular formula is C17H14N2O4. The van der Waals surface area contributed by atoms with E-state index in [4.69, 9.17) is 9.15 Å². The highest BCUT2D eigenvalue weighted by Gasteiger charge is 2.07. The largest absolute Gasteiger partial charge is 0.484 e. The predicted molar refractivity (Wildman–Crippen MR) is 85.6 cm³/mol. The van der Waals surface area contributed by atoms with Gasteiger partial charge in [-0.05, 0) is 36.8 Å². The summed E-state index contributed by atoms with van der Waals surface area (Å²) < 4.78 is 10.6. The lowest BCUT2D eigenvalue weighted by Gasteiger charge is -2.08. The number of benzene rings is 1. The van der Waals surface area contributed by atoms with E-state index in [1.54, 1.807) is 42.6 Å². The van der Waals surface area contributed by atoms with Crippen molar-refractivity contribution in [3.05, 3.63) is 64.6 Å². The molecule has 116 valence electrons. The Bertz CT molecular complexity index is 903. The number of hydrogen-bond acceptors (Lipinski definition) is 5. The van der Waals surface area contributed by atoms with Crippen molar-refractivity contribution in [3.8, 4) is 5.75 Å². The Kier molecular flexibility index (Phi) is 4.05. The third-order valence-corrected chi connectivity index (χ3v) is 3.23. The number of nitrogens with one attached hydrogen (secondary N) is 1. The molecule has 23 heavy (non-hydrogen) atoms. The average Bonchev–Trinajstić information content (AvgIpc) is 2.53. The molecule has 0 fully saturated rings. The van der Waals surface area contributed by atoms with Crippen LogP contribution >= 0.6 is 0 Å². The van der Waals surface area contributed by atoms with E-state index in [0.29, 0.717) is 17.2 Å². The first-order valence-corrected chi connectivity index (χ1v) is 7.00. The van der Waals surface area contributed by atoms with Crippen LogP contribution in [0.5, 0.6) is 5.75 Å². The van der Waals surface area contributed by atoms with Gasteiger partial charge in [-0.3, -0.25) is 4.79 Å². The van der Waals surface area contributed by atoms with Crippen molar-refractivity contribution in [2.24, 2.45) is 0 Å². The predicted octanol–water partition coefficient (Wildman–Crippen LogP) is 2.51. The number of carbonyl (C=O) groups excluding carboxylic acids is 1. The van der Waals surface area contributed by atoms with Crippen LogP contribution in [0.1, 0.15) is 5.56 Å². The summed E-state index contributed by atoms with van der Waals surface area (Å²) in [5.74, 6) is 0.582. The summed E-state index contributed by atoms with van der Waals surface area (Å²) >= 11 is 0. The van der Waals surface area contributed by atoms with Crippen LogP contribution in [0, 0.1) is 6.92 Å². The van der Waals surface area contributed by atoms with Gasteiger partial charge in [-0.1, -0.05) is 6.07 Å². The van der Waals surface area contributed by atoms with Gasteiger partial charge in [0.2, 0.25) is 0 Å². The molecular weight excluding hydrogens is 296 g/mol. The van der Waals surface area contributed by atoms with Crippen LogP contribution in [-0.4, -0.2) is 17.5 Å². The third-order valence-electron chi connectivity index (χ3n) is 3.23. The van der Waals surface area contributed by atoms with Gasteiger partial charge in [0.05, 0.1) is 0 Å². The minimum atomic E-state index is -0.417. The zero-order valence-corrected chi connectivity index (χ0v) is 12.4. The molecule has 0 saturated carbocycles. The van der Waals surface area contributed by atoms with Crippen LogP contribution < -0.4 is 15.7 Å². The number of hydrogen-bond donors (Lipinski definition) is 1. The maximum atomic E-state index is 11.8. The summed E-state index contributed by atoms with van der Waals surface area (Å²) in [6.45, 7) is 1.66. The Hall–Kier alpha value is -3.15. The molecule has 3 aromatic rings. The first kappa shape index (κ1) is 14.8. The number of nitrogens with zero attached hydrogens (tertiary/aromatic N) is 1. The Labute approximate surface area is 131 Å². The van der Waals surface area contributed by atoms with E-state index in [1.807, 2.05) is 6.92 Å². The molecule has 0 aliphatic carbocycles. The molecule has 1 amide bonds. The van der Waals surface area contributed by atoms with Crippen molar-refractivity contribution in [3.63, 3.8) is 0 Å². The summed E-state index contributed by atoms with van der Waals surface area (Å²) in [5.41, 5.74) is 0.841. The van der Waals surface area contributed by atoms with Crippen LogP contribution in [-0.2, 0) is 4.79 Å². The Morgan fingerprint density at radius 1 is 1.26 bits per heavy atom. The second kappa shape index (κ2) is 6.31. The molecule has 2 aromatic heterocycles. The second-order valence-electron chi connectivity index (χ2n) is 4.96. The minimum absolute atomic E-state index is 0.169. The first-order chi connectivity index (χ1) is 11.1. The minimum Gasteiger partial charge on any atom is -0.484 e. The Morgan fingerprint density at radius 3 is 2.91 bits per heavy atom. The van der Waals surface area contributed by atoms with Gasteiger partial charge in [0, 0.05) is 23.7 Å². The number of ether oxygens (including phenoxy) is 1. The summed E-state index contributed by atoms with van der Waals surface area (Å²) in [6.07, 6.45) is 1.59. The number of carbonyl (C=O) groups is 1. The lowest BCUT2D eigenvalue weighted by atomic mass is 10.1. The smallest absolute Gasteiger partial charge is 0.336 e. The molecule has 0 aliphatic heterocycles. The van der Waals surface area contributed by atoms with Crippen LogP contribution in [0.25, 0.3) is 11.0 Å². The van der Waals surface area contributed by atoms with Crippen molar-refractivity contribution in [2.75, 3.05) is 11.9 Å². The summed E-state index contributed by atoms with van der Waals surface area (Å²) in [5, 5.41) is 3.45. The molecule has 2 heterocycles. The highest BCUT2D eigenvalue weighted by Crippen LogP contribution is 2.22. The fourth-order valence-electron chi connectivity index (χ4n) is 2.16. The van der Waals surface area contributed by atoms with Gasteiger partial charge in [0.1, 0.15) is 17.2 Å². The van der Waals surface area contributed by atoms with Crippen molar-refractivity contribution in [1.82, 2.24) is 4.98 Å². The van der Waals surface area contributed by atoms with Gasteiger partial charge in [-0.2, -0.15) is 0 Å². The highest BCUT2D eigenvalue weighted by molar-refractivity contribution is 5.91. The first-order valence-electron chi connectivity index (χ1n) is 7.00. The summed E-state index contributed by atoms with van der Waals surface area (Å²) in [4.78, 5) is 27.2. The number of rotatable bonds is 4. The van der Waals surface area contributed by atoms with Crippen molar-refractivity contribution in [1.29, 1.82) is 0 Å². The molecule has 0 spiro atoms. The second-order valence-corrected chi connectivity index (χ2v) is 4.96. The van der Waals surface area contributed by atoms with E-state index in [1.165, 1.54) is 6.07 Å². The Morgan fingerprint density at radius 2 is 2.13 bits per heavy atom. The van der Waals surface area contributed by atoms with Crippen LogP contribution in [0.4, 0.5) is 5.82 Å². The third kappa shape index (κ3) is 3.55. The number of fused-ring (bicyclic) bond motifs is 1. The lowest BCUT2D eigenvalue weighted by molar-refractivity contribution is -0.118. The van der Waals surface area contributed by atoms with Gasteiger partial charge in [0.25, 0.3) is 5.91 Å². The van der Waals surface area contributed by atoms with Gasteiger partial charge in [0.15, 0.2) is 6.61 Å². The fraction of sp³-hybridized carbons (Fsp3) is 0.118. The van der Waals surface area contributed by atoms with Crippen molar-refractivity contribution >= 4 is 22.7 Å². The van der Waals surface area contributed by atoms with E-state index in [0.717, 1.165) is 10.9 Å². The molecule has 6 heteroatoms. The van der Waals surface area contributed by atoms with E-state index in [9.17, 15) is 9.59 Å². The standard InChI is InChI=1S/C17H14N2O4/c1-11-8-17(21)23-14-9-12(5-6-13(11)14)22-10-16(20)19-15-4-2-3-7-18-15/h2-9H,10H2,1H3,(H,18,19,20). The van der Waals surface area contributed by atoms with Gasteiger partial charge < -0.3 is 14.5 Å². The van der Waals surface area contributed by atoms with Crippen LogP contribution in [0.2, 0.25) is 0 Å². The molecule has 0 unspecified atom stereocenters. The molecule has 0 radical (unpaired) electrons. The summed E-state index contributed by atoms with van der Waals surface area (Å²) in [6, 6.07) is 11.8. The van der Waals surface area contributed by atoms with Gasteiger partial charge in [-0.15, -0.1) is 0 Å². The zero-order chi connectivity index (χ0) is 16.2. The van der Waals surface area contributed by atoms with E-state index in [-0.39, 0.29) is 12.5 Å². The zero-order valence-electron chi connectivity index (χ0n) is 12.4. The van der Waals surface area contributed by atoms with Crippen molar-refractivity contribution < 1.29 is 13.9 Å². The number of amides is 1. The number of aryl methyl sites for hydroxylation is 1. The molecule has 0 saturated heterocycles. The summed E-state index contributed by atoms with van der Waals surface area (Å²) in [7, 11) is 0. The monoisotopic (exact) mass is 310 g/mol. The number of aromatic nitrogens is 1. The van der Waals surface area contributed by atoms with Crippen LogP contribution in [0.3, 0.4) is 0 Å². The molecule has 1 aromatic carbocycles. The molecule has 0 atom stereocenters. The van der Waals surface area contributed by atoms with Crippen LogP contribution in [0.15, 0.2) is 57.9 Å². The fourth-order valence-corrected chi connectivity index (χ4v) is 2.16. The van der Waals surface area contributed by atoms with E-state index >= 15 is 0 Å². The van der Waals surface area contributed by atoms with Gasteiger partial charge >= 0.3 is 5.63 Å². The quantitative estimate of drug-likeness (QED) is 0.749. The Balaban J connectivity index is 1.70. The molecule has 0 bridgehead atoms. The molecule has 0 aliphatic rings. The maximum Gasteiger partial charge on any atom is 0.336 e. The highest BCUT2D eigenvalue weighted by atomic mass is 16.5.